The molecule has 0 amide bonds. The summed E-state index contributed by atoms with van der Waals surface area (Å²) in [6, 6.07) is 3.78. The largest absolute Gasteiger partial charge is 0.390 e. The number of nitrogens with zero attached hydrogens (tertiary/aromatic N) is 3. The fraction of sp³-hybridized carbons (Fsp3) is 0.0833. The van der Waals surface area contributed by atoms with Crippen molar-refractivity contribution in [2.24, 2.45) is 0 Å². The van der Waals surface area contributed by atoms with Gasteiger partial charge in [0.15, 0.2) is 0 Å². The van der Waals surface area contributed by atoms with Gasteiger partial charge in [-0.15, -0.1) is 11.3 Å². The molecule has 0 saturated heterocycles. The van der Waals surface area contributed by atoms with E-state index in [0.717, 1.165) is 16.7 Å². The van der Waals surface area contributed by atoms with E-state index < -0.39 is 0 Å². The van der Waals surface area contributed by atoms with Crippen molar-refractivity contribution in [3.05, 3.63) is 35.5 Å². The van der Waals surface area contributed by atoms with Gasteiger partial charge in [0.25, 0.3) is 5.89 Å². The van der Waals surface area contributed by atoms with Gasteiger partial charge in [-0.25, -0.2) is 0 Å². The number of thiophene rings is 1. The Morgan fingerprint density at radius 3 is 2.89 bits per heavy atom. The molecule has 18 heavy (non-hydrogen) atoms. The van der Waals surface area contributed by atoms with Gasteiger partial charge in [0.2, 0.25) is 5.82 Å². The third-order valence-electron chi connectivity index (χ3n) is 2.63. The van der Waals surface area contributed by atoms with Crippen LogP contribution in [0.3, 0.4) is 0 Å². The van der Waals surface area contributed by atoms with Crippen LogP contribution >= 0.6 is 11.3 Å². The lowest BCUT2D eigenvalue weighted by atomic mass is 10.1. The average molecular weight is 258 g/mol. The lowest BCUT2D eigenvalue weighted by Gasteiger charge is -1.97. The Hall–Kier alpha value is -2.21. The number of nitrogen functional groups attached to an aromatic ring is 1. The minimum Gasteiger partial charge on any atom is -0.390 e. The Balaban J connectivity index is 2.05. The zero-order chi connectivity index (χ0) is 12.5. The standard InChI is InChI=1S/C12H10N4OS/c1-7-2-4-14-6-9(7)11-15-12(17-16-11)8-3-5-18-10(8)13/h2-6H,13H2,1H3. The van der Waals surface area contributed by atoms with E-state index in [4.69, 9.17) is 10.3 Å². The van der Waals surface area contributed by atoms with E-state index in [1.54, 1.807) is 12.4 Å². The zero-order valence-electron chi connectivity index (χ0n) is 9.62. The van der Waals surface area contributed by atoms with Crippen LogP contribution in [0.15, 0.2) is 34.4 Å². The molecule has 0 aliphatic carbocycles. The topological polar surface area (TPSA) is 77.8 Å². The second-order valence-corrected chi connectivity index (χ2v) is 4.76. The highest BCUT2D eigenvalue weighted by Gasteiger charge is 2.14. The maximum Gasteiger partial charge on any atom is 0.261 e. The molecule has 0 aliphatic heterocycles. The van der Waals surface area contributed by atoms with Crippen LogP contribution in [0, 0.1) is 6.92 Å². The lowest BCUT2D eigenvalue weighted by molar-refractivity contribution is 0.432. The van der Waals surface area contributed by atoms with Gasteiger partial charge < -0.3 is 10.3 Å². The van der Waals surface area contributed by atoms with Gasteiger partial charge in [-0.3, -0.25) is 4.98 Å². The average Bonchev–Trinajstić information content (AvgIpc) is 2.98. The Kier molecular flexibility index (Phi) is 2.56. The Morgan fingerprint density at radius 1 is 1.28 bits per heavy atom. The van der Waals surface area contributed by atoms with Crippen LogP contribution in [0.4, 0.5) is 5.00 Å². The minimum absolute atomic E-state index is 0.437. The fourth-order valence-electron chi connectivity index (χ4n) is 1.64. The number of pyridine rings is 1. The molecule has 0 aliphatic rings. The van der Waals surface area contributed by atoms with Gasteiger partial charge >= 0.3 is 0 Å². The number of anilines is 1. The van der Waals surface area contributed by atoms with Crippen molar-refractivity contribution in [3.63, 3.8) is 0 Å². The van der Waals surface area contributed by atoms with Gasteiger partial charge in [-0.2, -0.15) is 4.98 Å². The van der Waals surface area contributed by atoms with Crippen molar-refractivity contribution >= 4 is 16.3 Å². The third kappa shape index (κ3) is 1.76. The molecular formula is C12H10N4OS. The molecule has 2 N–H and O–H groups in total. The third-order valence-corrected chi connectivity index (χ3v) is 3.38. The molecule has 3 rings (SSSR count). The molecule has 0 aromatic carbocycles. The first-order chi connectivity index (χ1) is 8.75. The normalized spacial score (nSPS) is 10.7. The molecule has 0 fully saturated rings. The van der Waals surface area contributed by atoms with Crippen molar-refractivity contribution < 1.29 is 4.52 Å². The fourth-order valence-corrected chi connectivity index (χ4v) is 2.27. The summed E-state index contributed by atoms with van der Waals surface area (Å²) in [5, 5.41) is 6.53. The van der Waals surface area contributed by atoms with Crippen LogP contribution in [0.2, 0.25) is 0 Å². The molecule has 0 spiro atoms. The maximum atomic E-state index is 5.83. The molecule has 0 unspecified atom stereocenters. The van der Waals surface area contributed by atoms with Gasteiger partial charge in [0, 0.05) is 18.0 Å². The van der Waals surface area contributed by atoms with E-state index >= 15 is 0 Å². The summed E-state index contributed by atoms with van der Waals surface area (Å²) in [6.45, 7) is 1.98. The van der Waals surface area contributed by atoms with E-state index in [1.165, 1.54) is 11.3 Å². The summed E-state index contributed by atoms with van der Waals surface area (Å²) in [7, 11) is 0. The first kappa shape index (κ1) is 10.9. The number of nitrogens with two attached hydrogens (primary N) is 1. The number of rotatable bonds is 2. The minimum atomic E-state index is 0.437. The molecule has 3 heterocycles. The highest BCUT2D eigenvalue weighted by atomic mass is 32.1. The molecule has 5 nitrogen and oxygen atoms in total. The Morgan fingerprint density at radius 2 is 2.17 bits per heavy atom. The second-order valence-electron chi connectivity index (χ2n) is 3.81. The summed E-state index contributed by atoms with van der Waals surface area (Å²) in [5.41, 5.74) is 8.52. The molecule has 3 aromatic rings. The molecular weight excluding hydrogens is 248 g/mol. The quantitative estimate of drug-likeness (QED) is 0.764. The van der Waals surface area contributed by atoms with Crippen molar-refractivity contribution in [2.75, 3.05) is 5.73 Å². The predicted octanol–water partition coefficient (Wildman–Crippen LogP) is 2.75. The molecule has 90 valence electrons. The Bertz CT molecular complexity index is 689. The van der Waals surface area contributed by atoms with Crippen molar-refractivity contribution in [1.29, 1.82) is 0 Å². The highest BCUT2D eigenvalue weighted by Crippen LogP contribution is 2.30. The van der Waals surface area contributed by atoms with Crippen molar-refractivity contribution in [1.82, 2.24) is 15.1 Å². The van der Waals surface area contributed by atoms with Crippen LogP contribution in [-0.2, 0) is 0 Å². The second kappa shape index (κ2) is 4.23. The summed E-state index contributed by atoms with van der Waals surface area (Å²) in [5.74, 6) is 0.966. The smallest absolute Gasteiger partial charge is 0.261 e. The number of aryl methyl sites for hydroxylation is 1. The van der Waals surface area contributed by atoms with E-state index in [2.05, 4.69) is 15.1 Å². The molecule has 0 radical (unpaired) electrons. The lowest BCUT2D eigenvalue weighted by Crippen LogP contribution is -1.87. The van der Waals surface area contributed by atoms with E-state index in [0.29, 0.717) is 16.7 Å². The first-order valence-electron chi connectivity index (χ1n) is 5.34. The van der Waals surface area contributed by atoms with Gasteiger partial charge in [0.05, 0.1) is 10.6 Å². The van der Waals surface area contributed by atoms with Crippen LogP contribution in [0.1, 0.15) is 5.56 Å². The van der Waals surface area contributed by atoms with Crippen LogP contribution in [0.25, 0.3) is 22.8 Å². The molecule has 0 saturated carbocycles. The Labute approximate surface area is 107 Å². The SMILES string of the molecule is Cc1ccncc1-c1noc(-c2ccsc2N)n1. The molecule has 0 bridgehead atoms. The van der Waals surface area contributed by atoms with Gasteiger partial charge in [-0.05, 0) is 30.0 Å². The van der Waals surface area contributed by atoms with E-state index in [9.17, 15) is 0 Å². The van der Waals surface area contributed by atoms with E-state index in [1.807, 2.05) is 24.4 Å². The monoisotopic (exact) mass is 258 g/mol. The summed E-state index contributed by atoms with van der Waals surface area (Å²) < 4.78 is 5.24. The number of hydrogen-bond acceptors (Lipinski definition) is 6. The number of hydrogen-bond donors (Lipinski definition) is 1. The van der Waals surface area contributed by atoms with Gasteiger partial charge in [0.1, 0.15) is 0 Å². The van der Waals surface area contributed by atoms with Crippen LogP contribution in [0.5, 0.6) is 0 Å². The zero-order valence-corrected chi connectivity index (χ0v) is 10.4. The summed E-state index contributed by atoms with van der Waals surface area (Å²) in [6.07, 6.45) is 3.46. The summed E-state index contributed by atoms with van der Waals surface area (Å²) >= 11 is 1.45. The molecule has 3 aromatic heterocycles. The predicted molar refractivity (Wildman–Crippen MR) is 70.0 cm³/mol. The maximum absolute atomic E-state index is 5.83. The first-order valence-corrected chi connectivity index (χ1v) is 6.21. The molecule has 0 atom stereocenters. The molecule has 6 heteroatoms. The van der Waals surface area contributed by atoms with Crippen LogP contribution < -0.4 is 5.73 Å². The van der Waals surface area contributed by atoms with Gasteiger partial charge in [-0.1, -0.05) is 5.16 Å². The highest BCUT2D eigenvalue weighted by molar-refractivity contribution is 7.14. The van der Waals surface area contributed by atoms with Crippen LogP contribution in [-0.4, -0.2) is 15.1 Å². The van der Waals surface area contributed by atoms with Crippen molar-refractivity contribution in [2.45, 2.75) is 6.92 Å². The van der Waals surface area contributed by atoms with Crippen molar-refractivity contribution in [3.8, 4) is 22.8 Å². The number of aromatic nitrogens is 3. The van der Waals surface area contributed by atoms with E-state index in [-0.39, 0.29) is 0 Å². The summed E-state index contributed by atoms with van der Waals surface area (Å²) in [4.78, 5) is 8.42.